The van der Waals surface area contributed by atoms with Gasteiger partial charge in [-0.2, -0.15) is 0 Å². The Bertz CT molecular complexity index is 1130. The summed E-state index contributed by atoms with van der Waals surface area (Å²) < 4.78 is 13.0. The average Bonchev–Trinajstić information content (AvgIpc) is 2.76. The van der Waals surface area contributed by atoms with Crippen LogP contribution >= 0.6 is 0 Å². The maximum atomic E-state index is 13.0. The molecule has 2 heterocycles. The zero-order chi connectivity index (χ0) is 20.1. The number of nitrogens with zero attached hydrogens (tertiary/aromatic N) is 3. The molecule has 0 bridgehead atoms. The number of amides is 1. The fourth-order valence-electron chi connectivity index (χ4n) is 2.76. The molecule has 4 aromatic rings. The van der Waals surface area contributed by atoms with E-state index < -0.39 is 0 Å². The molecule has 0 spiro atoms. The van der Waals surface area contributed by atoms with Gasteiger partial charge >= 0.3 is 0 Å². The third-order valence-corrected chi connectivity index (χ3v) is 4.14. The maximum absolute atomic E-state index is 13.0. The SMILES string of the molecule is O=C(Nc1cnccc1-c1ccccc1)c1ccnc(Nc2ccc(F)cc2)n1. The summed E-state index contributed by atoms with van der Waals surface area (Å²) >= 11 is 0. The number of hydrogen-bond donors (Lipinski definition) is 2. The number of nitrogens with one attached hydrogen (secondary N) is 2. The van der Waals surface area contributed by atoms with Crippen molar-refractivity contribution in [3.63, 3.8) is 0 Å². The van der Waals surface area contributed by atoms with Gasteiger partial charge in [-0.1, -0.05) is 30.3 Å². The molecule has 0 radical (unpaired) electrons. The van der Waals surface area contributed by atoms with Gasteiger partial charge in [0.1, 0.15) is 11.5 Å². The van der Waals surface area contributed by atoms with E-state index in [0.717, 1.165) is 11.1 Å². The summed E-state index contributed by atoms with van der Waals surface area (Å²) in [6.07, 6.45) is 4.75. The van der Waals surface area contributed by atoms with Crippen LogP contribution in [-0.2, 0) is 0 Å². The predicted molar refractivity (Wildman–Crippen MR) is 109 cm³/mol. The molecule has 2 aromatic carbocycles. The van der Waals surface area contributed by atoms with Gasteiger partial charge in [0.25, 0.3) is 5.91 Å². The molecule has 0 saturated carbocycles. The van der Waals surface area contributed by atoms with Crippen LogP contribution in [-0.4, -0.2) is 20.9 Å². The maximum Gasteiger partial charge on any atom is 0.274 e. The monoisotopic (exact) mass is 385 g/mol. The molecule has 29 heavy (non-hydrogen) atoms. The quantitative estimate of drug-likeness (QED) is 0.522. The zero-order valence-corrected chi connectivity index (χ0v) is 15.2. The number of rotatable bonds is 5. The van der Waals surface area contributed by atoms with Crippen LogP contribution in [0.4, 0.5) is 21.7 Å². The van der Waals surface area contributed by atoms with Crippen molar-refractivity contribution in [1.29, 1.82) is 0 Å². The van der Waals surface area contributed by atoms with Crippen molar-refractivity contribution in [1.82, 2.24) is 15.0 Å². The number of carbonyl (C=O) groups is 1. The highest BCUT2D eigenvalue weighted by Crippen LogP contribution is 2.27. The molecule has 0 fully saturated rings. The van der Waals surface area contributed by atoms with Gasteiger partial charge in [-0.3, -0.25) is 9.78 Å². The van der Waals surface area contributed by atoms with Crippen molar-refractivity contribution in [3.05, 3.63) is 96.8 Å². The van der Waals surface area contributed by atoms with Crippen LogP contribution < -0.4 is 10.6 Å². The summed E-state index contributed by atoms with van der Waals surface area (Å²) in [5.41, 5.74) is 3.20. The van der Waals surface area contributed by atoms with E-state index >= 15 is 0 Å². The molecule has 142 valence electrons. The van der Waals surface area contributed by atoms with Crippen LogP contribution in [0.1, 0.15) is 10.5 Å². The Morgan fingerprint density at radius 1 is 0.897 bits per heavy atom. The van der Waals surface area contributed by atoms with Gasteiger partial charge in [0.15, 0.2) is 0 Å². The summed E-state index contributed by atoms with van der Waals surface area (Å²) in [4.78, 5) is 25.2. The number of halogens is 1. The molecular weight excluding hydrogens is 369 g/mol. The first kappa shape index (κ1) is 18.2. The largest absolute Gasteiger partial charge is 0.324 e. The number of anilines is 3. The second-order valence-electron chi connectivity index (χ2n) is 6.14. The number of hydrogen-bond acceptors (Lipinski definition) is 5. The predicted octanol–water partition coefficient (Wildman–Crippen LogP) is 4.67. The molecule has 2 aromatic heterocycles. The van der Waals surface area contributed by atoms with E-state index in [0.29, 0.717) is 11.4 Å². The second-order valence-corrected chi connectivity index (χ2v) is 6.14. The van der Waals surface area contributed by atoms with E-state index in [1.54, 1.807) is 24.5 Å². The van der Waals surface area contributed by atoms with Gasteiger partial charge in [-0.15, -0.1) is 0 Å². The second kappa shape index (κ2) is 8.26. The molecule has 2 N–H and O–H groups in total. The highest BCUT2D eigenvalue weighted by Gasteiger charge is 2.13. The number of benzene rings is 2. The van der Waals surface area contributed by atoms with Gasteiger partial charge in [-0.25, -0.2) is 14.4 Å². The Kier molecular flexibility index (Phi) is 5.20. The van der Waals surface area contributed by atoms with E-state index in [1.165, 1.54) is 24.4 Å². The number of pyridine rings is 1. The van der Waals surface area contributed by atoms with Crippen molar-refractivity contribution in [2.45, 2.75) is 0 Å². The molecule has 0 aliphatic carbocycles. The van der Waals surface area contributed by atoms with Crippen molar-refractivity contribution >= 4 is 23.2 Å². The molecule has 0 unspecified atom stereocenters. The van der Waals surface area contributed by atoms with Crippen LogP contribution in [0.5, 0.6) is 0 Å². The van der Waals surface area contributed by atoms with E-state index in [1.807, 2.05) is 36.4 Å². The van der Waals surface area contributed by atoms with E-state index in [4.69, 9.17) is 0 Å². The van der Waals surface area contributed by atoms with Crippen molar-refractivity contribution in [3.8, 4) is 11.1 Å². The number of carbonyl (C=O) groups excluding carboxylic acids is 1. The third kappa shape index (κ3) is 4.41. The van der Waals surface area contributed by atoms with E-state index in [2.05, 4.69) is 25.6 Å². The standard InChI is InChI=1S/C22H16FN5O/c23-16-6-8-17(9-7-16)26-22-25-13-11-19(28-22)21(29)27-20-14-24-12-10-18(20)15-4-2-1-3-5-15/h1-14H,(H,27,29)(H,25,26,28). The fraction of sp³-hybridized carbons (Fsp3) is 0. The van der Waals surface area contributed by atoms with Gasteiger partial charge in [0, 0.05) is 23.6 Å². The third-order valence-electron chi connectivity index (χ3n) is 4.14. The minimum absolute atomic E-state index is 0.187. The fourth-order valence-corrected chi connectivity index (χ4v) is 2.76. The first-order chi connectivity index (χ1) is 14.2. The van der Waals surface area contributed by atoms with Crippen LogP contribution in [0.15, 0.2) is 85.3 Å². The lowest BCUT2D eigenvalue weighted by atomic mass is 10.1. The Morgan fingerprint density at radius 2 is 1.69 bits per heavy atom. The smallest absolute Gasteiger partial charge is 0.274 e. The Labute approximate surface area is 166 Å². The Hall–Kier alpha value is -4.13. The summed E-state index contributed by atoms with van der Waals surface area (Å²) in [6, 6.07) is 18.8. The van der Waals surface area contributed by atoms with Crippen LogP contribution in [0.25, 0.3) is 11.1 Å². The topological polar surface area (TPSA) is 79.8 Å². The summed E-state index contributed by atoms with van der Waals surface area (Å²) in [5.74, 6) is -0.492. The lowest BCUT2D eigenvalue weighted by molar-refractivity contribution is 0.102. The first-order valence-corrected chi connectivity index (χ1v) is 8.85. The average molecular weight is 385 g/mol. The van der Waals surface area contributed by atoms with Crippen LogP contribution in [0.3, 0.4) is 0 Å². The van der Waals surface area contributed by atoms with Gasteiger partial charge in [-0.05, 0) is 42.0 Å². The van der Waals surface area contributed by atoms with Gasteiger partial charge < -0.3 is 10.6 Å². The van der Waals surface area contributed by atoms with Crippen molar-refractivity contribution in [2.75, 3.05) is 10.6 Å². The Morgan fingerprint density at radius 3 is 2.48 bits per heavy atom. The minimum Gasteiger partial charge on any atom is -0.324 e. The van der Waals surface area contributed by atoms with Crippen LogP contribution in [0.2, 0.25) is 0 Å². The number of aromatic nitrogens is 3. The minimum atomic E-state index is -0.389. The molecule has 7 heteroatoms. The summed E-state index contributed by atoms with van der Waals surface area (Å²) in [5, 5.41) is 5.80. The molecule has 0 saturated heterocycles. The lowest BCUT2D eigenvalue weighted by Gasteiger charge is -2.11. The molecular formula is C22H16FN5O. The van der Waals surface area contributed by atoms with Crippen LogP contribution in [0, 0.1) is 5.82 Å². The zero-order valence-electron chi connectivity index (χ0n) is 15.2. The normalized spacial score (nSPS) is 10.4. The van der Waals surface area contributed by atoms with Gasteiger partial charge in [0.2, 0.25) is 5.95 Å². The highest BCUT2D eigenvalue weighted by molar-refractivity contribution is 6.05. The van der Waals surface area contributed by atoms with Gasteiger partial charge in [0.05, 0.1) is 11.9 Å². The molecule has 0 aliphatic rings. The molecule has 0 aliphatic heterocycles. The van der Waals surface area contributed by atoms with Crippen molar-refractivity contribution in [2.24, 2.45) is 0 Å². The highest BCUT2D eigenvalue weighted by atomic mass is 19.1. The molecule has 0 atom stereocenters. The first-order valence-electron chi connectivity index (χ1n) is 8.85. The Balaban J connectivity index is 1.55. The molecule has 4 rings (SSSR count). The summed E-state index contributed by atoms with van der Waals surface area (Å²) in [6.45, 7) is 0. The molecule has 1 amide bonds. The lowest BCUT2D eigenvalue weighted by Crippen LogP contribution is -2.15. The van der Waals surface area contributed by atoms with E-state index in [9.17, 15) is 9.18 Å². The van der Waals surface area contributed by atoms with Crippen molar-refractivity contribution < 1.29 is 9.18 Å². The molecule has 6 nitrogen and oxygen atoms in total. The van der Waals surface area contributed by atoms with E-state index in [-0.39, 0.29) is 23.4 Å². The summed E-state index contributed by atoms with van der Waals surface area (Å²) in [7, 11) is 0.